The topological polar surface area (TPSA) is 18.1 Å². The molecular weight excluding hydrogens is 719 g/mol. The monoisotopic (exact) mass is 747 g/mol. The van der Waals surface area contributed by atoms with E-state index in [4.69, 9.17) is 4.42 Å². The molecule has 0 fully saturated rings. The highest BCUT2D eigenvalue weighted by Crippen LogP contribution is 2.70. The van der Waals surface area contributed by atoms with Crippen LogP contribution >= 0.6 is 22.7 Å². The molecule has 260 valence electrons. The Bertz CT molecular complexity index is 3290. The van der Waals surface area contributed by atoms with Crippen LogP contribution < -0.4 is 0 Å². The van der Waals surface area contributed by atoms with E-state index in [0.29, 0.717) is 0 Å². The minimum absolute atomic E-state index is 0.467. The number of hydrogen-bond acceptors (Lipinski definition) is 3. The first kappa shape index (κ1) is 29.8. The Morgan fingerprint density at radius 2 is 0.964 bits per heavy atom. The number of thiophene rings is 2. The van der Waals surface area contributed by atoms with Gasteiger partial charge in [-0.3, -0.25) is 0 Å². The van der Waals surface area contributed by atoms with E-state index in [9.17, 15) is 0 Å². The Kier molecular flexibility index (Phi) is 5.45. The average Bonchev–Trinajstić information content (AvgIpc) is 4.11. The SMILES string of the molecule is c1ccc2c(c1)-c1ccccc1C21c2cc(-n3c4ccccc4c4c5c(ccc43)oc3ccccc35)sc2C2(c3ccccc3-c3ccccc32)c2ccsc21. The average molecular weight is 748 g/mol. The third-order valence-corrected chi connectivity index (χ3v) is 15.4. The Morgan fingerprint density at radius 1 is 0.411 bits per heavy atom. The third kappa shape index (κ3) is 3.23. The van der Waals surface area contributed by atoms with Crippen LogP contribution in [0.2, 0.25) is 0 Å². The van der Waals surface area contributed by atoms with Gasteiger partial charge >= 0.3 is 0 Å². The standard InChI is InChI=1S/C52H29NOS2/c1-7-19-36-30(13-1)31-14-2-8-20-37(31)51(36)40-27-28-55-49(40)52(38-21-9-3-15-32(38)33-16-4-10-22-39(33)52)41-29-46(56-50(41)51)53-42-23-11-5-17-34(42)47-43(53)25-26-45-48(47)35-18-6-12-24-44(35)54-45/h1-29H. The highest BCUT2D eigenvalue weighted by atomic mass is 32.1. The van der Waals surface area contributed by atoms with E-state index in [0.717, 1.165) is 16.6 Å². The summed E-state index contributed by atoms with van der Waals surface area (Å²) in [6.45, 7) is 0. The third-order valence-electron chi connectivity index (χ3n) is 13.2. The maximum absolute atomic E-state index is 6.47. The first-order chi connectivity index (χ1) is 27.8. The van der Waals surface area contributed by atoms with E-state index in [1.54, 1.807) is 0 Å². The smallest absolute Gasteiger partial charge is 0.136 e. The molecule has 11 aromatic rings. The van der Waals surface area contributed by atoms with Crippen LogP contribution in [0.15, 0.2) is 180 Å². The molecule has 14 rings (SSSR count). The number of nitrogens with zero attached hydrogens (tertiary/aromatic N) is 1. The minimum atomic E-state index is -0.467. The second kappa shape index (κ2) is 10.2. The van der Waals surface area contributed by atoms with Gasteiger partial charge in [-0.25, -0.2) is 0 Å². The zero-order chi connectivity index (χ0) is 36.3. The number of aromatic nitrogens is 1. The molecule has 0 atom stereocenters. The largest absolute Gasteiger partial charge is 0.456 e. The molecule has 0 radical (unpaired) electrons. The fourth-order valence-electron chi connectivity index (χ4n) is 11.2. The predicted octanol–water partition coefficient (Wildman–Crippen LogP) is 13.8. The summed E-state index contributed by atoms with van der Waals surface area (Å²) in [4.78, 5) is 2.83. The normalized spacial score (nSPS) is 15.1. The van der Waals surface area contributed by atoms with Crippen LogP contribution in [0.3, 0.4) is 0 Å². The van der Waals surface area contributed by atoms with E-state index in [1.165, 1.54) is 97.6 Å². The van der Waals surface area contributed by atoms with Crippen LogP contribution in [0.25, 0.3) is 71.0 Å². The molecule has 0 bridgehead atoms. The Balaban J connectivity index is 1.19. The van der Waals surface area contributed by atoms with Gasteiger partial charge in [-0.15, -0.1) is 22.7 Å². The van der Waals surface area contributed by atoms with Crippen molar-refractivity contribution in [2.24, 2.45) is 0 Å². The summed E-state index contributed by atoms with van der Waals surface area (Å²) in [5.74, 6) is 0. The molecule has 3 aliphatic carbocycles. The lowest BCUT2D eigenvalue weighted by Crippen LogP contribution is -2.41. The predicted molar refractivity (Wildman–Crippen MR) is 232 cm³/mol. The number of hydrogen-bond donors (Lipinski definition) is 0. The van der Waals surface area contributed by atoms with Gasteiger partial charge in [-0.2, -0.15) is 0 Å². The van der Waals surface area contributed by atoms with Gasteiger partial charge in [0.15, 0.2) is 0 Å². The molecule has 0 aliphatic heterocycles. The van der Waals surface area contributed by atoms with Crippen LogP contribution in [0.5, 0.6) is 0 Å². The molecule has 4 heteroatoms. The van der Waals surface area contributed by atoms with E-state index in [-0.39, 0.29) is 0 Å². The van der Waals surface area contributed by atoms with E-state index < -0.39 is 10.8 Å². The maximum atomic E-state index is 6.47. The molecule has 0 N–H and O–H groups in total. The zero-order valence-electron chi connectivity index (χ0n) is 29.9. The molecule has 3 aliphatic rings. The highest BCUT2D eigenvalue weighted by Gasteiger charge is 2.61. The fourth-order valence-corrected chi connectivity index (χ4v) is 13.9. The Labute approximate surface area is 330 Å². The summed E-state index contributed by atoms with van der Waals surface area (Å²) in [6, 6.07) is 63.6. The van der Waals surface area contributed by atoms with Gasteiger partial charge in [0.2, 0.25) is 0 Å². The van der Waals surface area contributed by atoms with Crippen molar-refractivity contribution in [2.75, 3.05) is 0 Å². The molecule has 0 amide bonds. The zero-order valence-corrected chi connectivity index (χ0v) is 31.5. The number of para-hydroxylation sites is 2. The first-order valence-corrected chi connectivity index (χ1v) is 20.9. The molecular formula is C52H29NOS2. The van der Waals surface area contributed by atoms with Gasteiger partial charge in [-0.1, -0.05) is 133 Å². The summed E-state index contributed by atoms with van der Waals surface area (Å²) < 4.78 is 9.02. The molecule has 4 heterocycles. The van der Waals surface area contributed by atoms with Crippen molar-refractivity contribution in [3.05, 3.63) is 218 Å². The van der Waals surface area contributed by atoms with E-state index in [1.807, 2.05) is 22.7 Å². The van der Waals surface area contributed by atoms with E-state index >= 15 is 0 Å². The summed E-state index contributed by atoms with van der Waals surface area (Å²) in [5, 5.41) is 8.40. The van der Waals surface area contributed by atoms with Gasteiger partial charge in [-0.05, 0) is 97.4 Å². The first-order valence-electron chi connectivity index (χ1n) is 19.3. The highest BCUT2D eigenvalue weighted by molar-refractivity contribution is 7.15. The van der Waals surface area contributed by atoms with Crippen LogP contribution in [-0.4, -0.2) is 4.57 Å². The Morgan fingerprint density at radius 3 is 1.62 bits per heavy atom. The van der Waals surface area contributed by atoms with Gasteiger partial charge < -0.3 is 8.98 Å². The van der Waals surface area contributed by atoms with Gasteiger partial charge in [0.1, 0.15) is 16.2 Å². The van der Waals surface area contributed by atoms with Crippen molar-refractivity contribution < 1.29 is 4.42 Å². The fraction of sp³-hybridized carbons (Fsp3) is 0.0385. The van der Waals surface area contributed by atoms with Crippen molar-refractivity contribution in [3.8, 4) is 27.3 Å². The minimum Gasteiger partial charge on any atom is -0.456 e. The molecule has 2 nitrogen and oxygen atoms in total. The summed E-state index contributed by atoms with van der Waals surface area (Å²) in [6.07, 6.45) is 0. The van der Waals surface area contributed by atoms with Crippen molar-refractivity contribution >= 4 is 66.4 Å². The lowest BCUT2D eigenvalue weighted by molar-refractivity contribution is 0.662. The van der Waals surface area contributed by atoms with Crippen LogP contribution in [0.1, 0.15) is 43.1 Å². The second-order valence-electron chi connectivity index (χ2n) is 15.5. The van der Waals surface area contributed by atoms with Gasteiger partial charge in [0.25, 0.3) is 0 Å². The number of furan rings is 1. The molecule has 0 unspecified atom stereocenters. The van der Waals surface area contributed by atoms with Crippen molar-refractivity contribution in [1.82, 2.24) is 4.57 Å². The second-order valence-corrected chi connectivity index (χ2v) is 17.4. The maximum Gasteiger partial charge on any atom is 0.136 e. The van der Waals surface area contributed by atoms with E-state index in [2.05, 4.69) is 180 Å². The lowest BCUT2D eigenvalue weighted by atomic mass is 9.58. The summed E-state index contributed by atoms with van der Waals surface area (Å²) in [5.41, 5.74) is 16.9. The van der Waals surface area contributed by atoms with Gasteiger partial charge in [0, 0.05) is 31.3 Å². The quantitative estimate of drug-likeness (QED) is 0.164. The Hall–Kier alpha value is -6.46. The lowest BCUT2D eigenvalue weighted by Gasteiger charge is -2.45. The van der Waals surface area contributed by atoms with Crippen molar-refractivity contribution in [1.29, 1.82) is 0 Å². The number of rotatable bonds is 1. The van der Waals surface area contributed by atoms with Crippen molar-refractivity contribution in [3.63, 3.8) is 0 Å². The summed E-state index contributed by atoms with van der Waals surface area (Å²) in [7, 11) is 0. The van der Waals surface area contributed by atoms with Gasteiger partial charge in [0.05, 0.1) is 21.9 Å². The van der Waals surface area contributed by atoms with Crippen molar-refractivity contribution in [2.45, 2.75) is 10.8 Å². The number of benzene rings is 7. The molecule has 4 aromatic heterocycles. The van der Waals surface area contributed by atoms with Crippen LogP contribution in [0, 0.1) is 0 Å². The molecule has 56 heavy (non-hydrogen) atoms. The molecule has 0 saturated carbocycles. The van der Waals surface area contributed by atoms with Crippen LogP contribution in [-0.2, 0) is 10.8 Å². The molecule has 7 aromatic carbocycles. The molecule has 2 spiro atoms. The van der Waals surface area contributed by atoms with Crippen LogP contribution in [0.4, 0.5) is 0 Å². The molecule has 0 saturated heterocycles. The number of fused-ring (bicyclic) bond motifs is 23. The summed E-state index contributed by atoms with van der Waals surface area (Å²) >= 11 is 3.90.